The van der Waals surface area contributed by atoms with E-state index in [9.17, 15) is 4.79 Å². The molecule has 0 saturated heterocycles. The molecular formula is C16H13Cl3N4OS. The number of halogens is 3. The van der Waals surface area contributed by atoms with Crippen molar-refractivity contribution in [1.29, 1.82) is 0 Å². The first kappa shape index (κ1) is 18.2. The van der Waals surface area contributed by atoms with Crippen LogP contribution < -0.4 is 10.5 Å². The van der Waals surface area contributed by atoms with Crippen molar-refractivity contribution in [2.24, 2.45) is 0 Å². The highest BCUT2D eigenvalue weighted by Gasteiger charge is 2.13. The Balaban J connectivity index is 1.91. The summed E-state index contributed by atoms with van der Waals surface area (Å²) in [4.78, 5) is 18.6. The lowest BCUT2D eigenvalue weighted by molar-refractivity contribution is 0.806. The van der Waals surface area contributed by atoms with E-state index in [1.165, 1.54) is 6.20 Å². The summed E-state index contributed by atoms with van der Waals surface area (Å²) in [6.07, 6.45) is 1.32. The van der Waals surface area contributed by atoms with Crippen LogP contribution in [0.3, 0.4) is 0 Å². The molecule has 130 valence electrons. The molecule has 0 saturated carbocycles. The number of rotatable bonds is 4. The fourth-order valence-electron chi connectivity index (χ4n) is 2.34. The van der Waals surface area contributed by atoms with E-state index in [-0.39, 0.29) is 10.0 Å². The molecule has 5 nitrogen and oxygen atoms in total. The number of hydrogen-bond acceptors (Lipinski definition) is 5. The van der Waals surface area contributed by atoms with Crippen molar-refractivity contribution in [2.45, 2.75) is 13.5 Å². The molecule has 9 heteroatoms. The Labute approximate surface area is 163 Å². The van der Waals surface area contributed by atoms with Gasteiger partial charge in [0.05, 0.1) is 44.9 Å². The van der Waals surface area contributed by atoms with Gasteiger partial charge in [-0.15, -0.1) is 11.3 Å². The third-order valence-electron chi connectivity index (χ3n) is 3.53. The fraction of sp³-hybridized carbons (Fsp3) is 0.188. The van der Waals surface area contributed by atoms with Gasteiger partial charge in [-0.3, -0.25) is 4.79 Å². The largest absolute Gasteiger partial charge is 0.367 e. The van der Waals surface area contributed by atoms with Crippen molar-refractivity contribution >= 4 is 51.8 Å². The van der Waals surface area contributed by atoms with E-state index in [0.717, 1.165) is 21.1 Å². The van der Waals surface area contributed by atoms with Crippen LogP contribution >= 0.6 is 46.1 Å². The first-order valence-electron chi connectivity index (χ1n) is 7.22. The lowest BCUT2D eigenvalue weighted by Crippen LogP contribution is -2.22. The van der Waals surface area contributed by atoms with Crippen molar-refractivity contribution in [3.63, 3.8) is 0 Å². The van der Waals surface area contributed by atoms with Gasteiger partial charge >= 0.3 is 0 Å². The average Bonchev–Trinajstić information content (AvgIpc) is 2.97. The lowest BCUT2D eigenvalue weighted by atomic mass is 10.2. The van der Waals surface area contributed by atoms with Crippen molar-refractivity contribution in [1.82, 2.24) is 14.8 Å². The second-order valence-corrected chi connectivity index (χ2v) is 7.63. The number of anilines is 1. The molecule has 0 amide bonds. The molecular weight excluding hydrogens is 403 g/mol. The van der Waals surface area contributed by atoms with Crippen LogP contribution in [0, 0.1) is 6.92 Å². The first-order valence-corrected chi connectivity index (χ1v) is 9.23. The van der Waals surface area contributed by atoms with Crippen molar-refractivity contribution < 1.29 is 0 Å². The lowest BCUT2D eigenvalue weighted by Gasteiger charge is -2.20. The highest BCUT2D eigenvalue weighted by atomic mass is 35.5. The predicted molar refractivity (Wildman–Crippen MR) is 104 cm³/mol. The van der Waals surface area contributed by atoms with Crippen LogP contribution in [0.4, 0.5) is 5.69 Å². The zero-order chi connectivity index (χ0) is 18.1. The van der Waals surface area contributed by atoms with E-state index in [0.29, 0.717) is 17.3 Å². The Morgan fingerprint density at radius 2 is 2.00 bits per heavy atom. The SMILES string of the molecule is Cc1nc(CN(C)c2ccc(-n3ncc(Cl)c(Cl)c3=O)cc2Cl)cs1. The summed E-state index contributed by atoms with van der Waals surface area (Å²) in [5, 5.41) is 7.58. The molecule has 2 aromatic heterocycles. The topological polar surface area (TPSA) is 51.0 Å². The molecule has 0 aliphatic heterocycles. The molecule has 0 radical (unpaired) electrons. The summed E-state index contributed by atoms with van der Waals surface area (Å²) >= 11 is 19.7. The minimum Gasteiger partial charge on any atom is -0.367 e. The molecule has 2 heterocycles. The van der Waals surface area contributed by atoms with Gasteiger partial charge < -0.3 is 4.90 Å². The van der Waals surface area contributed by atoms with Crippen molar-refractivity contribution in [3.8, 4) is 5.69 Å². The van der Waals surface area contributed by atoms with Gasteiger partial charge in [-0.1, -0.05) is 34.8 Å². The summed E-state index contributed by atoms with van der Waals surface area (Å²) in [6.45, 7) is 2.60. The summed E-state index contributed by atoms with van der Waals surface area (Å²) in [5.41, 5.74) is 1.82. The van der Waals surface area contributed by atoms with Crippen molar-refractivity contribution in [3.05, 3.63) is 65.9 Å². The highest BCUT2D eigenvalue weighted by Crippen LogP contribution is 2.28. The second-order valence-electron chi connectivity index (χ2n) is 5.37. The van der Waals surface area contributed by atoms with Gasteiger partial charge in [0.25, 0.3) is 5.56 Å². The van der Waals surface area contributed by atoms with E-state index in [1.807, 2.05) is 30.3 Å². The van der Waals surface area contributed by atoms with Crippen LogP contribution in [-0.2, 0) is 6.54 Å². The zero-order valence-corrected chi connectivity index (χ0v) is 16.4. The van der Waals surface area contributed by atoms with Gasteiger partial charge in [-0.25, -0.2) is 4.98 Å². The second kappa shape index (κ2) is 7.33. The zero-order valence-electron chi connectivity index (χ0n) is 13.3. The normalized spacial score (nSPS) is 10.9. The van der Waals surface area contributed by atoms with Gasteiger partial charge in [-0.2, -0.15) is 9.78 Å². The Hall–Kier alpha value is -1.60. The fourth-order valence-corrected chi connectivity index (χ4v) is 3.52. The Bertz CT molecular complexity index is 986. The Morgan fingerprint density at radius 3 is 2.64 bits per heavy atom. The predicted octanol–water partition coefficient (Wildman–Crippen LogP) is 4.59. The van der Waals surface area contributed by atoms with Crippen LogP contribution in [0.15, 0.2) is 34.6 Å². The summed E-state index contributed by atoms with van der Waals surface area (Å²) in [5.74, 6) is 0. The van der Waals surface area contributed by atoms with Crippen molar-refractivity contribution in [2.75, 3.05) is 11.9 Å². The van der Waals surface area contributed by atoms with Gasteiger partial charge in [0.2, 0.25) is 0 Å². The monoisotopic (exact) mass is 414 g/mol. The highest BCUT2D eigenvalue weighted by molar-refractivity contribution is 7.09. The minimum absolute atomic E-state index is 0.0760. The van der Waals surface area contributed by atoms with E-state index in [4.69, 9.17) is 34.8 Å². The molecule has 0 bridgehead atoms. The molecule has 0 N–H and O–H groups in total. The van der Waals surface area contributed by atoms with Gasteiger partial charge in [0, 0.05) is 12.4 Å². The molecule has 0 aliphatic carbocycles. The maximum absolute atomic E-state index is 12.2. The third kappa shape index (κ3) is 3.82. The molecule has 0 atom stereocenters. The van der Waals surface area contributed by atoms with Crippen LogP contribution in [-0.4, -0.2) is 21.8 Å². The molecule has 3 rings (SSSR count). The molecule has 0 unspecified atom stereocenters. The molecule has 3 aromatic rings. The molecule has 25 heavy (non-hydrogen) atoms. The Morgan fingerprint density at radius 1 is 1.24 bits per heavy atom. The number of thiazole rings is 1. The van der Waals surface area contributed by atoms with E-state index >= 15 is 0 Å². The smallest absolute Gasteiger partial charge is 0.291 e. The average molecular weight is 416 g/mol. The van der Waals surface area contributed by atoms with Crippen LogP contribution in [0.25, 0.3) is 5.69 Å². The van der Waals surface area contributed by atoms with E-state index in [1.54, 1.807) is 23.5 Å². The number of aryl methyl sites for hydroxylation is 1. The minimum atomic E-state index is -0.496. The third-order valence-corrected chi connectivity index (χ3v) is 5.40. The van der Waals surface area contributed by atoms with Gasteiger partial charge in [-0.05, 0) is 25.1 Å². The number of aromatic nitrogens is 3. The van der Waals surface area contributed by atoms with E-state index < -0.39 is 5.56 Å². The number of hydrogen-bond donors (Lipinski definition) is 0. The maximum atomic E-state index is 12.2. The first-order chi connectivity index (χ1) is 11.9. The number of benzene rings is 1. The van der Waals surface area contributed by atoms with Crippen LogP contribution in [0.1, 0.15) is 10.7 Å². The quantitative estimate of drug-likeness (QED) is 0.625. The molecule has 1 aromatic carbocycles. The molecule has 0 fully saturated rings. The van der Waals surface area contributed by atoms with E-state index in [2.05, 4.69) is 10.1 Å². The summed E-state index contributed by atoms with van der Waals surface area (Å²) in [7, 11) is 1.93. The summed E-state index contributed by atoms with van der Waals surface area (Å²) in [6, 6.07) is 5.24. The van der Waals surface area contributed by atoms with Crippen LogP contribution in [0.2, 0.25) is 15.1 Å². The van der Waals surface area contributed by atoms with Gasteiger partial charge in [0.1, 0.15) is 5.02 Å². The number of nitrogens with zero attached hydrogens (tertiary/aromatic N) is 4. The maximum Gasteiger partial charge on any atom is 0.291 e. The Kier molecular flexibility index (Phi) is 5.34. The van der Waals surface area contributed by atoms with Crippen LogP contribution in [0.5, 0.6) is 0 Å². The summed E-state index contributed by atoms with van der Waals surface area (Å²) < 4.78 is 1.16. The van der Waals surface area contributed by atoms with Gasteiger partial charge in [0.15, 0.2) is 0 Å². The molecule has 0 aliphatic rings. The molecule has 0 spiro atoms. The standard InChI is InChI=1S/C16H13Cl3N4OS/c1-9-21-10(8-25-9)7-22(2)14-4-3-11(5-12(14)17)23-16(24)15(19)13(18)6-20-23/h3-6,8H,7H2,1-2H3.